The Morgan fingerprint density at radius 2 is 1.80 bits per heavy atom. The monoisotopic (exact) mass is 406 g/mol. The minimum atomic E-state index is -0.393. The molecule has 2 aromatic rings. The molecule has 3 N–H and O–H groups in total. The van der Waals surface area contributed by atoms with E-state index >= 15 is 0 Å². The Bertz CT molecular complexity index is 896. The molecule has 2 aliphatic heterocycles. The lowest BCUT2D eigenvalue weighted by Gasteiger charge is -2.38. The quantitative estimate of drug-likeness (QED) is 0.765. The predicted octanol–water partition coefficient (Wildman–Crippen LogP) is 3.77. The zero-order valence-corrected chi connectivity index (χ0v) is 17.3. The van der Waals surface area contributed by atoms with Crippen molar-refractivity contribution >= 4 is 28.9 Å². The number of rotatable bonds is 6. The van der Waals surface area contributed by atoms with Gasteiger partial charge in [0.15, 0.2) is 0 Å². The van der Waals surface area contributed by atoms with Gasteiger partial charge < -0.3 is 20.9 Å². The maximum Gasteiger partial charge on any atom is 0.248 e. The van der Waals surface area contributed by atoms with Crippen molar-refractivity contribution in [3.8, 4) is 0 Å². The van der Waals surface area contributed by atoms with Crippen LogP contribution < -0.4 is 20.9 Å². The number of nitrogens with one attached hydrogen (secondary N) is 1. The van der Waals surface area contributed by atoms with Gasteiger partial charge >= 0.3 is 0 Å². The van der Waals surface area contributed by atoms with Crippen LogP contribution in [0.4, 0.5) is 17.1 Å². The van der Waals surface area contributed by atoms with Gasteiger partial charge in [-0.25, -0.2) is 0 Å². The van der Waals surface area contributed by atoms with Gasteiger partial charge in [0.05, 0.1) is 0 Å². The molecule has 0 radical (unpaired) electrons. The SMILES string of the molecule is NC(=O)c1cccc(N2CCCCC2CNc2ccc(N3CCCCC3=O)cc2)c1. The smallest absolute Gasteiger partial charge is 0.248 e. The normalized spacial score (nSPS) is 19.6. The molecule has 2 aliphatic rings. The summed E-state index contributed by atoms with van der Waals surface area (Å²) in [7, 11) is 0. The van der Waals surface area contributed by atoms with Crippen molar-refractivity contribution in [2.75, 3.05) is 34.8 Å². The van der Waals surface area contributed by atoms with Gasteiger partial charge in [-0.1, -0.05) is 6.07 Å². The Kier molecular flexibility index (Phi) is 6.21. The number of hydrogen-bond acceptors (Lipinski definition) is 4. The van der Waals surface area contributed by atoms with Gasteiger partial charge in [0.25, 0.3) is 0 Å². The lowest BCUT2D eigenvalue weighted by atomic mass is 10.0. The van der Waals surface area contributed by atoms with Gasteiger partial charge in [-0.15, -0.1) is 0 Å². The number of amides is 2. The molecule has 2 amide bonds. The number of benzene rings is 2. The van der Waals surface area contributed by atoms with E-state index in [4.69, 9.17) is 5.73 Å². The van der Waals surface area contributed by atoms with Gasteiger partial charge in [0.1, 0.15) is 0 Å². The first kappa shape index (κ1) is 20.3. The molecular weight excluding hydrogens is 376 g/mol. The molecule has 2 heterocycles. The molecule has 0 aromatic heterocycles. The summed E-state index contributed by atoms with van der Waals surface area (Å²) in [5.74, 6) is -0.172. The molecule has 1 unspecified atom stereocenters. The summed E-state index contributed by atoms with van der Waals surface area (Å²) in [6.07, 6.45) is 6.17. The van der Waals surface area contributed by atoms with Gasteiger partial charge in [0, 0.05) is 54.7 Å². The number of carbonyl (C=O) groups is 2. The summed E-state index contributed by atoms with van der Waals surface area (Å²) in [4.78, 5) is 28.0. The predicted molar refractivity (Wildman–Crippen MR) is 121 cm³/mol. The second-order valence-corrected chi connectivity index (χ2v) is 8.19. The van der Waals surface area contributed by atoms with E-state index in [0.29, 0.717) is 18.0 Å². The highest BCUT2D eigenvalue weighted by atomic mass is 16.2. The summed E-state index contributed by atoms with van der Waals surface area (Å²) in [5.41, 5.74) is 9.10. The summed E-state index contributed by atoms with van der Waals surface area (Å²) < 4.78 is 0. The molecule has 2 aromatic carbocycles. The molecule has 0 spiro atoms. The standard InChI is InChI=1S/C24H30N4O2/c25-24(30)18-6-5-8-21(16-18)27-14-3-1-7-22(27)17-26-19-10-12-20(13-11-19)28-15-4-2-9-23(28)29/h5-6,8,10-13,16,22,26H,1-4,7,9,14-15,17H2,(H2,25,30). The summed E-state index contributed by atoms with van der Waals surface area (Å²) in [6, 6.07) is 16.1. The van der Waals surface area contributed by atoms with Crippen LogP contribution in [0.2, 0.25) is 0 Å². The van der Waals surface area contributed by atoms with Crippen LogP contribution in [-0.2, 0) is 4.79 Å². The number of hydrogen-bond donors (Lipinski definition) is 2. The van der Waals surface area contributed by atoms with Crippen molar-refractivity contribution < 1.29 is 9.59 Å². The largest absolute Gasteiger partial charge is 0.383 e. The molecule has 2 saturated heterocycles. The average Bonchev–Trinajstić information content (AvgIpc) is 2.79. The number of anilines is 3. The van der Waals surface area contributed by atoms with Crippen LogP contribution in [0, 0.1) is 0 Å². The third-order valence-corrected chi connectivity index (χ3v) is 6.13. The van der Waals surface area contributed by atoms with Crippen molar-refractivity contribution in [2.45, 2.75) is 44.6 Å². The fraction of sp³-hybridized carbons (Fsp3) is 0.417. The third kappa shape index (κ3) is 4.58. The first-order chi connectivity index (χ1) is 14.6. The summed E-state index contributed by atoms with van der Waals surface area (Å²) >= 11 is 0. The molecule has 4 rings (SSSR count). The van der Waals surface area contributed by atoms with Crippen molar-refractivity contribution in [2.24, 2.45) is 5.73 Å². The molecule has 0 bridgehead atoms. The molecule has 158 valence electrons. The van der Waals surface area contributed by atoms with Crippen LogP contribution in [0.3, 0.4) is 0 Å². The van der Waals surface area contributed by atoms with Crippen molar-refractivity contribution in [1.29, 1.82) is 0 Å². The summed E-state index contributed by atoms with van der Waals surface area (Å²) in [6.45, 7) is 2.61. The highest BCUT2D eigenvalue weighted by molar-refractivity contribution is 5.94. The molecule has 2 fully saturated rings. The van der Waals surface area contributed by atoms with Crippen molar-refractivity contribution in [3.63, 3.8) is 0 Å². The van der Waals surface area contributed by atoms with E-state index in [1.54, 1.807) is 6.07 Å². The number of nitrogens with zero attached hydrogens (tertiary/aromatic N) is 2. The molecule has 1 atom stereocenters. The van der Waals surface area contributed by atoms with Crippen LogP contribution in [0.5, 0.6) is 0 Å². The third-order valence-electron chi connectivity index (χ3n) is 6.13. The summed E-state index contributed by atoms with van der Waals surface area (Å²) in [5, 5.41) is 3.56. The van der Waals surface area contributed by atoms with Crippen LogP contribution in [0.1, 0.15) is 48.9 Å². The Hall–Kier alpha value is -3.02. The van der Waals surface area contributed by atoms with Gasteiger partial charge in [-0.2, -0.15) is 0 Å². The van der Waals surface area contributed by atoms with E-state index in [1.165, 1.54) is 6.42 Å². The van der Waals surface area contributed by atoms with E-state index in [0.717, 1.165) is 62.4 Å². The van der Waals surface area contributed by atoms with Crippen molar-refractivity contribution in [1.82, 2.24) is 0 Å². The van der Waals surface area contributed by atoms with Crippen LogP contribution in [0.25, 0.3) is 0 Å². The molecule has 0 saturated carbocycles. The van der Waals surface area contributed by atoms with E-state index in [-0.39, 0.29) is 5.91 Å². The second-order valence-electron chi connectivity index (χ2n) is 8.19. The van der Waals surface area contributed by atoms with Gasteiger partial charge in [0.2, 0.25) is 11.8 Å². The molecule has 6 nitrogen and oxygen atoms in total. The highest BCUT2D eigenvalue weighted by Crippen LogP contribution is 2.27. The molecular formula is C24H30N4O2. The molecule has 6 heteroatoms. The fourth-order valence-corrected chi connectivity index (χ4v) is 4.46. The number of piperidine rings is 2. The maximum absolute atomic E-state index is 12.1. The Morgan fingerprint density at radius 3 is 2.57 bits per heavy atom. The first-order valence-electron chi connectivity index (χ1n) is 10.9. The first-order valence-corrected chi connectivity index (χ1v) is 10.9. The molecule has 30 heavy (non-hydrogen) atoms. The number of nitrogens with two attached hydrogens (primary N) is 1. The topological polar surface area (TPSA) is 78.7 Å². The zero-order valence-electron chi connectivity index (χ0n) is 17.3. The van der Waals surface area contributed by atoms with E-state index in [2.05, 4.69) is 28.4 Å². The van der Waals surface area contributed by atoms with Gasteiger partial charge in [-0.05, 0) is 74.6 Å². The fourth-order valence-electron chi connectivity index (χ4n) is 4.46. The van der Waals surface area contributed by atoms with Crippen LogP contribution >= 0.6 is 0 Å². The Labute approximate surface area is 178 Å². The zero-order chi connectivity index (χ0) is 20.9. The highest BCUT2D eigenvalue weighted by Gasteiger charge is 2.23. The lowest BCUT2D eigenvalue weighted by Crippen LogP contribution is -2.43. The number of primary amides is 1. The Balaban J connectivity index is 1.41. The van der Waals surface area contributed by atoms with E-state index in [1.807, 2.05) is 29.2 Å². The second kappa shape index (κ2) is 9.20. The lowest BCUT2D eigenvalue weighted by molar-refractivity contribution is -0.119. The maximum atomic E-state index is 12.1. The average molecular weight is 407 g/mol. The minimum absolute atomic E-state index is 0.220. The Morgan fingerprint density at radius 1 is 1.00 bits per heavy atom. The minimum Gasteiger partial charge on any atom is -0.383 e. The van der Waals surface area contributed by atoms with Gasteiger partial charge in [-0.3, -0.25) is 9.59 Å². The van der Waals surface area contributed by atoms with Crippen LogP contribution in [-0.4, -0.2) is 37.5 Å². The van der Waals surface area contributed by atoms with Crippen molar-refractivity contribution in [3.05, 3.63) is 54.1 Å². The number of carbonyl (C=O) groups excluding carboxylic acids is 2. The van der Waals surface area contributed by atoms with E-state index < -0.39 is 5.91 Å². The van der Waals surface area contributed by atoms with Crippen LogP contribution in [0.15, 0.2) is 48.5 Å². The van der Waals surface area contributed by atoms with E-state index in [9.17, 15) is 9.59 Å². The molecule has 0 aliphatic carbocycles.